The maximum atomic E-state index is 13.6. The monoisotopic (exact) mass is 444 g/mol. The second-order valence-corrected chi connectivity index (χ2v) is 8.71. The molecule has 5 rings (SSSR count). The molecule has 0 bridgehead atoms. The number of carbonyl (C=O) groups is 1. The summed E-state index contributed by atoms with van der Waals surface area (Å²) in [5.74, 6) is -0.000676. The number of rotatable bonds is 4. The minimum Gasteiger partial charge on any atom is -0.336 e. The highest BCUT2D eigenvalue weighted by Gasteiger charge is 2.27. The van der Waals surface area contributed by atoms with Gasteiger partial charge in [0.1, 0.15) is 0 Å². The van der Waals surface area contributed by atoms with E-state index in [1.807, 2.05) is 60.0 Å². The average molecular weight is 445 g/mol. The number of benzene rings is 1. The van der Waals surface area contributed by atoms with E-state index in [0.29, 0.717) is 41.1 Å². The van der Waals surface area contributed by atoms with Crippen molar-refractivity contribution in [3.8, 4) is 11.3 Å². The number of carbonyl (C=O) groups excluding carboxylic acids is 1. The third-order valence-corrected chi connectivity index (χ3v) is 6.62. The molecular weight excluding hydrogens is 416 g/mol. The summed E-state index contributed by atoms with van der Waals surface area (Å²) in [6, 6.07) is 11.7. The zero-order chi connectivity index (χ0) is 23.1. The quantitative estimate of drug-likeness (QED) is 0.479. The largest absolute Gasteiger partial charge is 0.336 e. The van der Waals surface area contributed by atoms with E-state index in [1.54, 1.807) is 0 Å². The van der Waals surface area contributed by atoms with E-state index in [0.717, 1.165) is 30.9 Å². The highest BCUT2D eigenvalue weighted by Crippen LogP contribution is 2.28. The minimum atomic E-state index is -0.000676. The standard InChI is InChI=1S/C25H28N6O2/c1-16-21(18(3)29(4)27-16)15-30-10-12-31(13-11-30)25(32)20-14-22(19-8-6-5-7-9-19)26-24-23(20)17(2)28-33-24/h5-9,14H,10-13,15H2,1-4H3. The number of piperazine rings is 1. The van der Waals surface area contributed by atoms with Crippen LogP contribution in [0.2, 0.25) is 0 Å². The average Bonchev–Trinajstić information content (AvgIpc) is 3.33. The van der Waals surface area contributed by atoms with Gasteiger partial charge < -0.3 is 9.42 Å². The third kappa shape index (κ3) is 3.91. The Bertz CT molecular complexity index is 1320. The molecule has 8 heteroatoms. The summed E-state index contributed by atoms with van der Waals surface area (Å²) in [6.45, 7) is 9.86. The van der Waals surface area contributed by atoms with E-state index >= 15 is 0 Å². The molecule has 0 aliphatic carbocycles. The summed E-state index contributed by atoms with van der Waals surface area (Å²) in [5.41, 5.74) is 6.88. The van der Waals surface area contributed by atoms with Crippen LogP contribution in [-0.4, -0.2) is 61.8 Å². The van der Waals surface area contributed by atoms with E-state index in [9.17, 15) is 4.79 Å². The van der Waals surface area contributed by atoms with Crippen molar-refractivity contribution in [1.29, 1.82) is 0 Å². The summed E-state index contributed by atoms with van der Waals surface area (Å²) < 4.78 is 7.38. The first-order valence-electron chi connectivity index (χ1n) is 11.3. The molecule has 1 fully saturated rings. The van der Waals surface area contributed by atoms with Gasteiger partial charge in [-0.05, 0) is 26.8 Å². The molecule has 4 heterocycles. The van der Waals surface area contributed by atoms with Crippen molar-refractivity contribution in [1.82, 2.24) is 29.7 Å². The van der Waals surface area contributed by atoms with Crippen molar-refractivity contribution in [3.63, 3.8) is 0 Å². The Morgan fingerprint density at radius 3 is 2.42 bits per heavy atom. The van der Waals surface area contributed by atoms with Crippen molar-refractivity contribution in [2.24, 2.45) is 7.05 Å². The highest BCUT2D eigenvalue weighted by molar-refractivity contribution is 6.07. The second-order valence-electron chi connectivity index (χ2n) is 8.71. The van der Waals surface area contributed by atoms with E-state index in [-0.39, 0.29) is 5.91 Å². The van der Waals surface area contributed by atoms with Crippen molar-refractivity contribution in [2.75, 3.05) is 26.2 Å². The van der Waals surface area contributed by atoms with Crippen LogP contribution in [0.3, 0.4) is 0 Å². The van der Waals surface area contributed by atoms with Crippen LogP contribution in [0, 0.1) is 20.8 Å². The fraction of sp³-hybridized carbons (Fsp3) is 0.360. The molecular formula is C25H28N6O2. The zero-order valence-electron chi connectivity index (χ0n) is 19.5. The molecule has 1 saturated heterocycles. The lowest BCUT2D eigenvalue weighted by Gasteiger charge is -2.35. The maximum Gasteiger partial charge on any atom is 0.259 e. The van der Waals surface area contributed by atoms with Gasteiger partial charge in [-0.15, -0.1) is 0 Å². The smallest absolute Gasteiger partial charge is 0.259 e. The van der Waals surface area contributed by atoms with Crippen LogP contribution in [0.25, 0.3) is 22.4 Å². The molecule has 33 heavy (non-hydrogen) atoms. The Morgan fingerprint density at radius 2 is 1.76 bits per heavy atom. The van der Waals surface area contributed by atoms with Gasteiger partial charge in [0.05, 0.1) is 28.0 Å². The van der Waals surface area contributed by atoms with Gasteiger partial charge in [-0.1, -0.05) is 35.5 Å². The first kappa shape index (κ1) is 21.3. The van der Waals surface area contributed by atoms with Crippen LogP contribution in [0.5, 0.6) is 0 Å². The first-order valence-corrected chi connectivity index (χ1v) is 11.3. The molecule has 0 N–H and O–H groups in total. The van der Waals surface area contributed by atoms with E-state index in [1.165, 1.54) is 11.3 Å². The first-order chi connectivity index (χ1) is 15.9. The number of aryl methyl sites for hydroxylation is 3. The number of pyridine rings is 1. The summed E-state index contributed by atoms with van der Waals surface area (Å²) in [6.07, 6.45) is 0. The molecule has 0 unspecified atom stereocenters. The van der Waals surface area contributed by atoms with Gasteiger partial charge in [0.2, 0.25) is 0 Å². The van der Waals surface area contributed by atoms with Gasteiger partial charge in [-0.3, -0.25) is 14.4 Å². The molecule has 1 aliphatic rings. The Hall–Kier alpha value is -3.52. The van der Waals surface area contributed by atoms with Gasteiger partial charge in [0.15, 0.2) is 0 Å². The fourth-order valence-corrected chi connectivity index (χ4v) is 4.57. The van der Waals surface area contributed by atoms with E-state index in [2.05, 4.69) is 34.0 Å². The maximum absolute atomic E-state index is 13.6. The summed E-state index contributed by atoms with van der Waals surface area (Å²) in [5, 5.41) is 9.30. The summed E-state index contributed by atoms with van der Waals surface area (Å²) >= 11 is 0. The molecule has 3 aromatic heterocycles. The lowest BCUT2D eigenvalue weighted by atomic mass is 10.0. The number of fused-ring (bicyclic) bond motifs is 1. The SMILES string of the molecule is Cc1nn(C)c(C)c1CN1CCN(C(=O)c2cc(-c3ccccc3)nc3onc(C)c23)CC1. The lowest BCUT2D eigenvalue weighted by Crippen LogP contribution is -2.48. The molecule has 1 aliphatic heterocycles. The van der Waals surface area contributed by atoms with Crippen molar-refractivity contribution in [3.05, 3.63) is 64.6 Å². The van der Waals surface area contributed by atoms with Gasteiger partial charge >= 0.3 is 0 Å². The second kappa shape index (κ2) is 8.44. The van der Waals surface area contributed by atoms with E-state index in [4.69, 9.17) is 4.52 Å². The summed E-state index contributed by atoms with van der Waals surface area (Å²) in [7, 11) is 1.98. The predicted molar refractivity (Wildman–Crippen MR) is 126 cm³/mol. The Labute approximate surface area is 192 Å². The van der Waals surface area contributed by atoms with Crippen molar-refractivity contribution < 1.29 is 9.32 Å². The fourth-order valence-electron chi connectivity index (χ4n) is 4.57. The van der Waals surface area contributed by atoms with Crippen LogP contribution in [0.4, 0.5) is 0 Å². The number of amides is 1. The summed E-state index contributed by atoms with van der Waals surface area (Å²) in [4.78, 5) is 22.6. The van der Waals surface area contributed by atoms with Crippen molar-refractivity contribution in [2.45, 2.75) is 27.3 Å². The van der Waals surface area contributed by atoms with Gasteiger partial charge in [-0.25, -0.2) is 4.98 Å². The zero-order valence-corrected chi connectivity index (χ0v) is 19.5. The Morgan fingerprint density at radius 1 is 1.03 bits per heavy atom. The Balaban J connectivity index is 1.38. The highest BCUT2D eigenvalue weighted by atomic mass is 16.5. The molecule has 0 radical (unpaired) electrons. The molecule has 4 aromatic rings. The van der Waals surface area contributed by atoms with Crippen molar-refractivity contribution >= 4 is 17.0 Å². The molecule has 8 nitrogen and oxygen atoms in total. The lowest BCUT2D eigenvalue weighted by molar-refractivity contribution is 0.0629. The van der Waals surface area contributed by atoms with Gasteiger partial charge in [-0.2, -0.15) is 5.10 Å². The van der Waals surface area contributed by atoms with Crippen LogP contribution < -0.4 is 0 Å². The van der Waals surface area contributed by atoms with Crippen LogP contribution >= 0.6 is 0 Å². The molecule has 1 amide bonds. The van der Waals surface area contributed by atoms with Crippen LogP contribution in [0.1, 0.15) is 33.0 Å². The molecule has 1 aromatic carbocycles. The number of hydrogen-bond donors (Lipinski definition) is 0. The predicted octanol–water partition coefficient (Wildman–Crippen LogP) is 3.51. The normalized spacial score (nSPS) is 14.8. The van der Waals surface area contributed by atoms with Crippen LogP contribution in [0.15, 0.2) is 40.9 Å². The van der Waals surface area contributed by atoms with Crippen LogP contribution in [-0.2, 0) is 13.6 Å². The topological polar surface area (TPSA) is 80.3 Å². The number of hydrogen-bond acceptors (Lipinski definition) is 6. The Kier molecular flexibility index (Phi) is 5.46. The number of nitrogens with zero attached hydrogens (tertiary/aromatic N) is 6. The van der Waals surface area contributed by atoms with Gasteiger partial charge in [0, 0.05) is 56.6 Å². The molecule has 0 saturated carbocycles. The molecule has 0 spiro atoms. The molecule has 170 valence electrons. The minimum absolute atomic E-state index is 0.000676. The third-order valence-electron chi connectivity index (χ3n) is 6.62. The number of aromatic nitrogens is 4. The van der Waals surface area contributed by atoms with E-state index < -0.39 is 0 Å². The molecule has 0 atom stereocenters. The van der Waals surface area contributed by atoms with Gasteiger partial charge in [0.25, 0.3) is 11.6 Å².